The lowest BCUT2D eigenvalue weighted by Crippen LogP contribution is -2.40. The van der Waals surface area contributed by atoms with Crippen LogP contribution in [0.4, 0.5) is 5.69 Å². The van der Waals surface area contributed by atoms with E-state index in [1.807, 2.05) is 33.2 Å². The van der Waals surface area contributed by atoms with Crippen molar-refractivity contribution < 1.29 is 19.0 Å². The fourth-order valence-electron chi connectivity index (χ4n) is 5.84. The van der Waals surface area contributed by atoms with Crippen LogP contribution in [0.25, 0.3) is 11.8 Å². The van der Waals surface area contributed by atoms with Crippen LogP contribution < -0.4 is 29.3 Å². The van der Waals surface area contributed by atoms with Gasteiger partial charge < -0.3 is 23.7 Å². The molecule has 236 valence electrons. The summed E-state index contributed by atoms with van der Waals surface area (Å²) >= 11 is 1.32. The van der Waals surface area contributed by atoms with E-state index >= 15 is 0 Å². The number of allylic oxidation sites excluding steroid dienone is 1. The molecule has 5 rings (SSSR count). The van der Waals surface area contributed by atoms with Crippen LogP contribution in [-0.4, -0.2) is 50.0 Å². The molecule has 2 aromatic carbocycles. The molecule has 0 unspecified atom stereocenters. The van der Waals surface area contributed by atoms with Crippen molar-refractivity contribution in [3.8, 4) is 17.2 Å². The molecule has 0 N–H and O–H groups in total. The maximum atomic E-state index is 14.3. The first-order valence-electron chi connectivity index (χ1n) is 15.0. The summed E-state index contributed by atoms with van der Waals surface area (Å²) in [5.41, 5.74) is 6.49. The third-order valence-corrected chi connectivity index (χ3v) is 8.99. The van der Waals surface area contributed by atoms with Crippen LogP contribution >= 0.6 is 11.3 Å². The Balaban J connectivity index is 1.73. The van der Waals surface area contributed by atoms with E-state index in [2.05, 4.69) is 53.6 Å². The van der Waals surface area contributed by atoms with Gasteiger partial charge in [0.1, 0.15) is 17.5 Å². The number of hydrogen-bond donors (Lipinski definition) is 0. The third-order valence-electron chi connectivity index (χ3n) is 8.00. The molecule has 2 aromatic heterocycles. The summed E-state index contributed by atoms with van der Waals surface area (Å²) < 4.78 is 21.1. The van der Waals surface area contributed by atoms with E-state index in [-0.39, 0.29) is 12.2 Å². The average molecular weight is 629 g/mol. The molecule has 3 heterocycles. The summed E-state index contributed by atoms with van der Waals surface area (Å²) in [6, 6.07) is 15.0. The molecule has 4 aromatic rings. The molecule has 1 aliphatic rings. The van der Waals surface area contributed by atoms with Gasteiger partial charge in [-0.3, -0.25) is 9.36 Å². The number of thiazole rings is 1. The van der Waals surface area contributed by atoms with Gasteiger partial charge in [0, 0.05) is 42.4 Å². The predicted octanol–water partition coefficient (Wildman–Crippen LogP) is 5.07. The lowest BCUT2D eigenvalue weighted by atomic mass is 9.93. The van der Waals surface area contributed by atoms with E-state index < -0.39 is 12.0 Å². The van der Waals surface area contributed by atoms with Gasteiger partial charge in [0.2, 0.25) is 0 Å². The topological polar surface area (TPSA) is 87.3 Å². The Hall–Kier alpha value is -4.57. The standard InChI is InChI=1S/C35H40N4O5S/c1-9-11-28-31(34(41)44-10-2)32(27-20-26(42-7)16-17-29(27)43-8)39-33(40)30(45-35(39)36-28)19-23-18-21(3)38(22(23)4)25-14-12-24(13-15-25)37(5)6/h12-20,32H,9-11H2,1-8H3/b30-19-/t32-/m1/s1. The second-order valence-electron chi connectivity index (χ2n) is 11.1. The highest BCUT2D eigenvalue weighted by atomic mass is 32.1. The van der Waals surface area contributed by atoms with Crippen LogP contribution in [0.2, 0.25) is 0 Å². The van der Waals surface area contributed by atoms with Crippen LogP contribution in [0.3, 0.4) is 0 Å². The molecule has 0 fully saturated rings. The quantitative estimate of drug-likeness (QED) is 0.228. The molecule has 0 radical (unpaired) electrons. The van der Waals surface area contributed by atoms with E-state index in [9.17, 15) is 9.59 Å². The van der Waals surface area contributed by atoms with Gasteiger partial charge in [-0.15, -0.1) is 0 Å². The van der Waals surface area contributed by atoms with Gasteiger partial charge in [-0.1, -0.05) is 24.7 Å². The minimum absolute atomic E-state index is 0.196. The molecule has 0 aliphatic carbocycles. The Morgan fingerprint density at radius 2 is 1.78 bits per heavy atom. The minimum Gasteiger partial charge on any atom is -0.497 e. The number of nitrogens with zero attached hydrogens (tertiary/aromatic N) is 4. The zero-order chi connectivity index (χ0) is 32.4. The first-order chi connectivity index (χ1) is 21.6. The highest BCUT2D eigenvalue weighted by Crippen LogP contribution is 2.38. The Morgan fingerprint density at radius 1 is 1.04 bits per heavy atom. The van der Waals surface area contributed by atoms with E-state index in [0.29, 0.717) is 44.1 Å². The van der Waals surface area contributed by atoms with Crippen molar-refractivity contribution in [2.24, 2.45) is 4.99 Å². The Labute approximate surface area is 267 Å². The Kier molecular flexibility index (Phi) is 9.34. The summed E-state index contributed by atoms with van der Waals surface area (Å²) in [5.74, 6) is 0.604. The zero-order valence-electron chi connectivity index (χ0n) is 27.1. The molecule has 9 nitrogen and oxygen atoms in total. The molecule has 0 bridgehead atoms. The number of anilines is 1. The second-order valence-corrected chi connectivity index (χ2v) is 12.1. The number of fused-ring (bicyclic) bond motifs is 1. The van der Waals surface area contributed by atoms with Gasteiger partial charge in [-0.2, -0.15) is 0 Å². The van der Waals surface area contributed by atoms with Crippen molar-refractivity contribution in [3.63, 3.8) is 0 Å². The van der Waals surface area contributed by atoms with Gasteiger partial charge in [0.25, 0.3) is 5.56 Å². The number of rotatable bonds is 10. The number of benzene rings is 2. The van der Waals surface area contributed by atoms with Gasteiger partial charge in [0.05, 0.1) is 36.6 Å². The van der Waals surface area contributed by atoms with Crippen LogP contribution in [0.5, 0.6) is 11.5 Å². The lowest BCUT2D eigenvalue weighted by molar-refractivity contribution is -0.139. The van der Waals surface area contributed by atoms with Crippen LogP contribution in [0, 0.1) is 13.8 Å². The molecule has 0 amide bonds. The molecule has 0 saturated carbocycles. The van der Waals surface area contributed by atoms with Crippen molar-refractivity contribution in [2.75, 3.05) is 39.8 Å². The lowest BCUT2D eigenvalue weighted by Gasteiger charge is -2.27. The Morgan fingerprint density at radius 3 is 2.40 bits per heavy atom. The molecule has 45 heavy (non-hydrogen) atoms. The summed E-state index contributed by atoms with van der Waals surface area (Å²) in [7, 11) is 7.18. The average Bonchev–Trinajstić information content (AvgIpc) is 3.49. The van der Waals surface area contributed by atoms with E-state index in [4.69, 9.17) is 19.2 Å². The monoisotopic (exact) mass is 628 g/mol. The van der Waals surface area contributed by atoms with E-state index in [1.165, 1.54) is 11.3 Å². The number of aromatic nitrogens is 2. The number of methoxy groups -OCH3 is 2. The molecule has 1 atom stereocenters. The van der Waals surface area contributed by atoms with Gasteiger partial charge >= 0.3 is 5.97 Å². The van der Waals surface area contributed by atoms with Gasteiger partial charge in [-0.25, -0.2) is 9.79 Å². The number of carbonyl (C=O) groups is 1. The van der Waals surface area contributed by atoms with E-state index in [0.717, 1.165) is 34.7 Å². The Bertz CT molecular complexity index is 1950. The van der Waals surface area contributed by atoms with E-state index in [1.54, 1.807) is 37.8 Å². The molecule has 0 saturated heterocycles. The van der Waals surface area contributed by atoms with Crippen LogP contribution in [0.1, 0.15) is 55.2 Å². The van der Waals surface area contributed by atoms with Crippen molar-refractivity contribution in [2.45, 2.75) is 46.6 Å². The fraction of sp³-hybridized carbons (Fsp3) is 0.343. The SMILES string of the molecule is CCCC1=C(C(=O)OCC)[C@@H](c2cc(OC)ccc2OC)n2c(s/c(=C\c3cc(C)n(-c4ccc(N(C)C)cc4)c3C)c2=O)=N1. The van der Waals surface area contributed by atoms with Gasteiger partial charge in [0.15, 0.2) is 4.80 Å². The molecule has 10 heteroatoms. The van der Waals surface area contributed by atoms with Crippen molar-refractivity contribution >= 4 is 29.1 Å². The third kappa shape index (κ3) is 5.94. The fourth-order valence-corrected chi connectivity index (χ4v) is 6.85. The molecule has 1 aliphatic heterocycles. The second kappa shape index (κ2) is 13.2. The first-order valence-corrected chi connectivity index (χ1v) is 15.9. The van der Waals surface area contributed by atoms with Crippen molar-refractivity contribution in [1.82, 2.24) is 9.13 Å². The number of aryl methyl sites for hydroxylation is 1. The maximum absolute atomic E-state index is 14.3. The normalized spacial score (nSPS) is 14.7. The minimum atomic E-state index is -0.809. The molecule has 0 spiro atoms. The highest BCUT2D eigenvalue weighted by molar-refractivity contribution is 7.07. The summed E-state index contributed by atoms with van der Waals surface area (Å²) in [4.78, 5) is 35.4. The summed E-state index contributed by atoms with van der Waals surface area (Å²) in [6.45, 7) is 8.11. The summed E-state index contributed by atoms with van der Waals surface area (Å²) in [6.07, 6.45) is 3.24. The number of esters is 1. The maximum Gasteiger partial charge on any atom is 0.338 e. The highest BCUT2D eigenvalue weighted by Gasteiger charge is 2.36. The van der Waals surface area contributed by atoms with Crippen molar-refractivity contribution in [1.29, 1.82) is 0 Å². The van der Waals surface area contributed by atoms with Gasteiger partial charge in [-0.05, 0) is 87.4 Å². The van der Waals surface area contributed by atoms with Crippen LogP contribution in [0.15, 0.2) is 69.6 Å². The number of hydrogen-bond acceptors (Lipinski definition) is 8. The number of carbonyl (C=O) groups excluding carboxylic acids is 1. The molecular weight excluding hydrogens is 588 g/mol. The zero-order valence-corrected chi connectivity index (χ0v) is 27.9. The van der Waals surface area contributed by atoms with Crippen molar-refractivity contribution in [3.05, 3.63) is 102 Å². The summed E-state index contributed by atoms with van der Waals surface area (Å²) in [5, 5.41) is 0. The molecular formula is C35H40N4O5S. The first kappa shape index (κ1) is 31.8. The smallest absolute Gasteiger partial charge is 0.338 e. The largest absolute Gasteiger partial charge is 0.497 e. The number of ether oxygens (including phenoxy) is 3. The van der Waals surface area contributed by atoms with Crippen LogP contribution in [-0.2, 0) is 9.53 Å². The predicted molar refractivity (Wildman–Crippen MR) is 179 cm³/mol.